The summed E-state index contributed by atoms with van der Waals surface area (Å²) < 4.78 is 0. The van der Waals surface area contributed by atoms with Crippen LogP contribution in [0.3, 0.4) is 0 Å². The van der Waals surface area contributed by atoms with Gasteiger partial charge in [0.2, 0.25) is 0 Å². The third-order valence-corrected chi connectivity index (χ3v) is 4.15. The van der Waals surface area contributed by atoms with Crippen molar-refractivity contribution in [2.75, 3.05) is 0 Å². The summed E-state index contributed by atoms with van der Waals surface area (Å²) in [5.41, 5.74) is 3.43. The summed E-state index contributed by atoms with van der Waals surface area (Å²) >= 11 is 0. The van der Waals surface area contributed by atoms with Crippen LogP contribution in [0, 0.1) is 12.8 Å². The van der Waals surface area contributed by atoms with E-state index in [1.807, 2.05) is 0 Å². The van der Waals surface area contributed by atoms with E-state index in [1.54, 1.807) is 0 Å². The zero-order valence-electron chi connectivity index (χ0n) is 11.2. The van der Waals surface area contributed by atoms with Crippen LogP contribution in [0.2, 0.25) is 0 Å². The lowest BCUT2D eigenvalue weighted by atomic mass is 9.90. The third kappa shape index (κ3) is 2.29. The highest BCUT2D eigenvalue weighted by atomic mass is 15.1. The second-order valence-electron chi connectivity index (χ2n) is 5.57. The highest BCUT2D eigenvalue weighted by Gasteiger charge is 2.24. The fraction of sp³-hybridized carbons (Fsp3) is 0.562. The number of amidine groups is 1. The minimum Gasteiger partial charge on any atom is -0.231 e. The van der Waals surface area contributed by atoms with Crippen molar-refractivity contribution >= 4 is 17.2 Å². The van der Waals surface area contributed by atoms with Gasteiger partial charge >= 0.3 is 0 Å². The van der Waals surface area contributed by atoms with Crippen molar-refractivity contribution in [2.24, 2.45) is 10.9 Å². The van der Waals surface area contributed by atoms with Crippen LogP contribution in [0.5, 0.6) is 0 Å². The predicted molar refractivity (Wildman–Crippen MR) is 75.9 cm³/mol. The third-order valence-electron chi connectivity index (χ3n) is 4.15. The SMILES string of the molecule is Cc1cccc2c1N=C(C1CCCCCCC1)[N]2. The zero-order valence-corrected chi connectivity index (χ0v) is 11.2. The van der Waals surface area contributed by atoms with Gasteiger partial charge in [-0.25, -0.2) is 10.3 Å². The first-order chi connectivity index (χ1) is 8.84. The molecule has 0 saturated heterocycles. The molecule has 1 fully saturated rings. The summed E-state index contributed by atoms with van der Waals surface area (Å²) in [7, 11) is 0. The van der Waals surface area contributed by atoms with Gasteiger partial charge in [-0.05, 0) is 31.4 Å². The molecule has 1 aliphatic heterocycles. The molecule has 0 unspecified atom stereocenters. The largest absolute Gasteiger partial charge is 0.231 e. The van der Waals surface area contributed by atoms with E-state index >= 15 is 0 Å². The van der Waals surface area contributed by atoms with Gasteiger partial charge in [0, 0.05) is 5.92 Å². The van der Waals surface area contributed by atoms with Crippen molar-refractivity contribution in [3.8, 4) is 0 Å². The predicted octanol–water partition coefficient (Wildman–Crippen LogP) is 4.64. The fourth-order valence-electron chi connectivity index (χ4n) is 3.04. The first-order valence-electron chi connectivity index (χ1n) is 7.24. The lowest BCUT2D eigenvalue weighted by molar-refractivity contribution is 0.448. The molecule has 1 heterocycles. The van der Waals surface area contributed by atoms with Gasteiger partial charge in [-0.15, -0.1) is 0 Å². The monoisotopic (exact) mass is 241 g/mol. The number of hydrogen-bond acceptors (Lipinski definition) is 1. The van der Waals surface area contributed by atoms with Crippen LogP contribution < -0.4 is 5.32 Å². The van der Waals surface area contributed by atoms with Gasteiger partial charge in [0.1, 0.15) is 5.84 Å². The number of nitrogens with zero attached hydrogens (tertiary/aromatic N) is 2. The molecule has 1 saturated carbocycles. The Morgan fingerprint density at radius 1 is 1.00 bits per heavy atom. The van der Waals surface area contributed by atoms with Gasteiger partial charge in [0.15, 0.2) is 0 Å². The van der Waals surface area contributed by atoms with E-state index in [2.05, 4.69) is 25.1 Å². The maximum absolute atomic E-state index is 4.80. The molecule has 0 bridgehead atoms. The van der Waals surface area contributed by atoms with Crippen molar-refractivity contribution in [1.82, 2.24) is 5.32 Å². The molecule has 1 aromatic carbocycles. The summed E-state index contributed by atoms with van der Waals surface area (Å²) in [6.07, 6.45) is 9.41. The van der Waals surface area contributed by atoms with E-state index in [4.69, 9.17) is 10.3 Å². The van der Waals surface area contributed by atoms with Crippen molar-refractivity contribution in [2.45, 2.75) is 51.9 Å². The van der Waals surface area contributed by atoms with E-state index in [-0.39, 0.29) is 0 Å². The van der Waals surface area contributed by atoms with Crippen LogP contribution in [-0.2, 0) is 0 Å². The lowest BCUT2D eigenvalue weighted by Gasteiger charge is -2.18. The van der Waals surface area contributed by atoms with Crippen LogP contribution in [-0.4, -0.2) is 5.84 Å². The highest BCUT2D eigenvalue weighted by molar-refractivity contribution is 5.98. The maximum Gasteiger partial charge on any atom is 0.132 e. The van der Waals surface area contributed by atoms with Crippen molar-refractivity contribution < 1.29 is 0 Å². The first-order valence-corrected chi connectivity index (χ1v) is 7.24. The summed E-state index contributed by atoms with van der Waals surface area (Å²) in [6.45, 7) is 2.12. The second kappa shape index (κ2) is 5.13. The number of rotatable bonds is 1. The quantitative estimate of drug-likeness (QED) is 0.685. The number of benzene rings is 1. The van der Waals surface area contributed by atoms with E-state index in [1.165, 1.54) is 50.5 Å². The minimum absolute atomic E-state index is 0.595. The molecule has 0 N–H and O–H groups in total. The fourth-order valence-corrected chi connectivity index (χ4v) is 3.04. The average Bonchev–Trinajstić information content (AvgIpc) is 2.73. The molecule has 1 radical (unpaired) electrons. The Hall–Kier alpha value is -1.31. The van der Waals surface area contributed by atoms with Gasteiger partial charge in [-0.2, -0.15) is 0 Å². The van der Waals surface area contributed by atoms with Crippen LogP contribution in [0.15, 0.2) is 23.2 Å². The molecule has 1 aromatic rings. The summed E-state index contributed by atoms with van der Waals surface area (Å²) in [5, 5.41) is 4.76. The number of aryl methyl sites for hydroxylation is 1. The normalized spacial score (nSPS) is 20.6. The van der Waals surface area contributed by atoms with Gasteiger partial charge < -0.3 is 0 Å². The van der Waals surface area contributed by atoms with Crippen molar-refractivity contribution in [3.05, 3.63) is 23.8 Å². The molecule has 3 rings (SSSR count). The maximum atomic E-state index is 4.80. The summed E-state index contributed by atoms with van der Waals surface area (Å²) in [4.78, 5) is 4.80. The summed E-state index contributed by atoms with van der Waals surface area (Å²) in [5.74, 6) is 1.69. The van der Waals surface area contributed by atoms with Gasteiger partial charge in [0.05, 0.1) is 11.4 Å². The summed E-state index contributed by atoms with van der Waals surface area (Å²) in [6, 6.07) is 6.29. The molecule has 18 heavy (non-hydrogen) atoms. The number of para-hydroxylation sites is 1. The first kappa shape index (κ1) is 11.8. The number of hydrogen-bond donors (Lipinski definition) is 0. The molecule has 0 atom stereocenters. The van der Waals surface area contributed by atoms with Crippen LogP contribution in [0.4, 0.5) is 11.4 Å². The Kier molecular flexibility index (Phi) is 3.35. The molecule has 0 amide bonds. The molecule has 2 heteroatoms. The smallest absolute Gasteiger partial charge is 0.132 e. The second-order valence-corrected chi connectivity index (χ2v) is 5.57. The van der Waals surface area contributed by atoms with Crippen LogP contribution in [0.25, 0.3) is 0 Å². The van der Waals surface area contributed by atoms with E-state index in [0.717, 1.165) is 17.2 Å². The molecule has 95 valence electrons. The molecule has 2 nitrogen and oxygen atoms in total. The highest BCUT2D eigenvalue weighted by Crippen LogP contribution is 2.36. The Balaban J connectivity index is 1.78. The van der Waals surface area contributed by atoms with Gasteiger partial charge in [-0.1, -0.05) is 44.2 Å². The molecule has 0 aromatic heterocycles. The molecule has 0 spiro atoms. The van der Waals surface area contributed by atoms with Crippen molar-refractivity contribution in [3.63, 3.8) is 0 Å². The zero-order chi connectivity index (χ0) is 12.4. The average molecular weight is 241 g/mol. The van der Waals surface area contributed by atoms with Crippen LogP contribution in [0.1, 0.15) is 50.5 Å². The number of aliphatic imine (C=N–C) groups is 1. The Morgan fingerprint density at radius 2 is 1.72 bits per heavy atom. The van der Waals surface area contributed by atoms with E-state index in [9.17, 15) is 0 Å². The topological polar surface area (TPSA) is 26.5 Å². The van der Waals surface area contributed by atoms with Crippen LogP contribution >= 0.6 is 0 Å². The lowest BCUT2D eigenvalue weighted by Crippen LogP contribution is -2.20. The molecule has 1 aliphatic carbocycles. The van der Waals surface area contributed by atoms with E-state index in [0.29, 0.717) is 5.92 Å². The molecular weight excluding hydrogens is 220 g/mol. The number of fused-ring (bicyclic) bond motifs is 1. The minimum atomic E-state index is 0.595. The molecular formula is C16H21N2. The molecule has 2 aliphatic rings. The van der Waals surface area contributed by atoms with Gasteiger partial charge in [-0.3, -0.25) is 0 Å². The standard InChI is InChI=1S/C16H21N2/c1-12-8-7-11-14-15(12)18-16(17-14)13-9-5-3-2-4-6-10-13/h7-8,11,13H,2-6,9-10H2,1H3. The van der Waals surface area contributed by atoms with E-state index < -0.39 is 0 Å². The Bertz CT molecular complexity index is 454. The Morgan fingerprint density at radius 3 is 2.44 bits per heavy atom. The van der Waals surface area contributed by atoms with Crippen molar-refractivity contribution in [1.29, 1.82) is 0 Å². The van der Waals surface area contributed by atoms with Gasteiger partial charge in [0.25, 0.3) is 0 Å². The Labute approximate surface area is 110 Å².